The van der Waals surface area contributed by atoms with Gasteiger partial charge in [0, 0.05) is 31.2 Å². The second-order valence-corrected chi connectivity index (χ2v) is 11.8. The SMILES string of the molecule is CCOC(=O)[C@H]1CC[C@H](N/C(=C(\C=N)C(=O)N(CC(=O)c2c(Cl)cncc2Cl)C[C@@H]2CCC(C)(C)O2)C(F)(F)F)CC1. The molecule has 2 heterocycles. The Kier molecular flexibility index (Phi) is 11.4. The summed E-state index contributed by atoms with van der Waals surface area (Å²) in [5, 5.41) is 10.1. The highest BCUT2D eigenvalue weighted by Gasteiger charge is 2.42. The first-order valence-electron chi connectivity index (χ1n) is 13.7. The molecule has 232 valence electrons. The first-order chi connectivity index (χ1) is 19.7. The fourth-order valence-electron chi connectivity index (χ4n) is 5.26. The highest BCUT2D eigenvalue weighted by atomic mass is 35.5. The molecule has 2 aliphatic rings. The van der Waals surface area contributed by atoms with E-state index in [0.29, 0.717) is 31.9 Å². The van der Waals surface area contributed by atoms with Gasteiger partial charge < -0.3 is 25.1 Å². The molecule has 1 aromatic heterocycles. The summed E-state index contributed by atoms with van der Waals surface area (Å²) in [6.45, 7) is 4.75. The van der Waals surface area contributed by atoms with E-state index in [1.807, 2.05) is 13.8 Å². The van der Waals surface area contributed by atoms with Crippen molar-refractivity contribution < 1.29 is 37.0 Å². The van der Waals surface area contributed by atoms with E-state index in [1.54, 1.807) is 6.92 Å². The van der Waals surface area contributed by atoms with Crippen LogP contribution in [0.5, 0.6) is 0 Å². The smallest absolute Gasteiger partial charge is 0.431 e. The number of carbonyl (C=O) groups excluding carboxylic acids is 3. The molecular formula is C28H35Cl2F3N4O5. The third kappa shape index (κ3) is 8.67. The average Bonchev–Trinajstić information content (AvgIpc) is 3.25. The van der Waals surface area contributed by atoms with Crippen molar-refractivity contribution in [1.82, 2.24) is 15.2 Å². The number of halogens is 5. The third-order valence-electron chi connectivity index (χ3n) is 7.36. The largest absolute Gasteiger partial charge is 0.466 e. The zero-order valence-corrected chi connectivity index (χ0v) is 25.2. The highest BCUT2D eigenvalue weighted by Crippen LogP contribution is 2.33. The molecule has 1 aliphatic heterocycles. The van der Waals surface area contributed by atoms with Gasteiger partial charge in [0.25, 0.3) is 5.91 Å². The molecule has 14 heteroatoms. The van der Waals surface area contributed by atoms with Gasteiger partial charge in [-0.3, -0.25) is 19.4 Å². The number of nitrogens with zero attached hydrogens (tertiary/aromatic N) is 2. The van der Waals surface area contributed by atoms with Gasteiger partial charge in [-0.1, -0.05) is 23.2 Å². The van der Waals surface area contributed by atoms with Crippen molar-refractivity contribution in [2.45, 2.75) is 83.2 Å². The summed E-state index contributed by atoms with van der Waals surface area (Å²) < 4.78 is 54.1. The number of Topliss-reactive ketones (excluding diaryl/α,β-unsaturated/α-hetero) is 1. The van der Waals surface area contributed by atoms with Gasteiger partial charge in [-0.25, -0.2) is 0 Å². The van der Waals surface area contributed by atoms with Crippen molar-refractivity contribution in [3.8, 4) is 0 Å². The van der Waals surface area contributed by atoms with Crippen LogP contribution in [0.1, 0.15) is 69.7 Å². The van der Waals surface area contributed by atoms with E-state index in [9.17, 15) is 27.6 Å². The van der Waals surface area contributed by atoms with Crippen molar-refractivity contribution in [1.29, 1.82) is 5.41 Å². The van der Waals surface area contributed by atoms with Crippen molar-refractivity contribution >= 4 is 47.1 Å². The molecule has 1 saturated carbocycles. The van der Waals surface area contributed by atoms with E-state index >= 15 is 0 Å². The molecule has 0 bridgehead atoms. The number of alkyl halides is 3. The third-order valence-corrected chi connectivity index (χ3v) is 7.93. The molecule has 0 spiro atoms. The molecule has 0 aromatic carbocycles. The van der Waals surface area contributed by atoms with Gasteiger partial charge in [-0.2, -0.15) is 13.2 Å². The van der Waals surface area contributed by atoms with E-state index in [0.717, 1.165) is 4.90 Å². The lowest BCUT2D eigenvalue weighted by molar-refractivity contribution is -0.149. The number of ketones is 1. The number of ether oxygens (including phenoxy) is 2. The lowest BCUT2D eigenvalue weighted by Crippen LogP contribution is -2.45. The summed E-state index contributed by atoms with van der Waals surface area (Å²) in [6, 6.07) is -0.696. The minimum Gasteiger partial charge on any atom is -0.466 e. The van der Waals surface area contributed by atoms with E-state index in [4.69, 9.17) is 38.1 Å². The summed E-state index contributed by atoms with van der Waals surface area (Å²) in [6.07, 6.45) is -0.577. The number of allylic oxidation sites excluding steroid dienone is 1. The number of pyridine rings is 1. The Morgan fingerprint density at radius 3 is 2.29 bits per heavy atom. The quantitative estimate of drug-likeness (QED) is 0.142. The standard InChI is InChI=1S/C28H35Cl2F3N4O5/c1-4-41-26(40)16-5-7-17(8-6-16)36-24(28(31,32)33)19(11-34)25(39)37(14-18-9-10-27(2,3)42-18)15-22(38)23-20(29)12-35-13-21(23)30/h11-13,16-18,34,36H,4-10,14-15H2,1-3H3/b24-19+,34-11?/t16-,17-,18-/m0/s1. The molecule has 3 rings (SSSR count). The number of aromatic nitrogens is 1. The summed E-state index contributed by atoms with van der Waals surface area (Å²) in [5.74, 6) is -2.67. The lowest BCUT2D eigenvalue weighted by atomic mass is 9.86. The van der Waals surface area contributed by atoms with Crippen molar-refractivity contribution in [2.75, 3.05) is 19.7 Å². The normalized spacial score (nSPS) is 22.6. The van der Waals surface area contributed by atoms with E-state index in [-0.39, 0.29) is 47.6 Å². The van der Waals surface area contributed by atoms with Gasteiger partial charge in [0.15, 0.2) is 5.78 Å². The second-order valence-electron chi connectivity index (χ2n) is 11.0. The molecule has 2 fully saturated rings. The fourth-order valence-corrected chi connectivity index (χ4v) is 5.84. The van der Waals surface area contributed by atoms with Crippen LogP contribution in [-0.2, 0) is 19.1 Å². The number of nitrogens with one attached hydrogen (secondary N) is 2. The zero-order valence-electron chi connectivity index (χ0n) is 23.7. The molecular weight excluding hydrogens is 600 g/mol. The Bertz CT molecular complexity index is 1200. The van der Waals surface area contributed by atoms with Crippen LogP contribution in [0.15, 0.2) is 23.7 Å². The van der Waals surface area contributed by atoms with E-state index in [2.05, 4.69) is 10.3 Å². The lowest BCUT2D eigenvalue weighted by Gasteiger charge is -2.31. The van der Waals surface area contributed by atoms with Crippen LogP contribution in [0.25, 0.3) is 0 Å². The van der Waals surface area contributed by atoms with E-state index < -0.39 is 59.3 Å². The number of hydrogen-bond acceptors (Lipinski definition) is 8. The molecule has 1 amide bonds. The Balaban J connectivity index is 1.91. The molecule has 0 unspecified atom stereocenters. The van der Waals surface area contributed by atoms with Crippen LogP contribution in [0.2, 0.25) is 10.0 Å². The zero-order chi connectivity index (χ0) is 31.2. The van der Waals surface area contributed by atoms with Gasteiger partial charge in [0.2, 0.25) is 0 Å². The minimum absolute atomic E-state index is 0.0722. The van der Waals surface area contributed by atoms with Gasteiger partial charge in [-0.05, 0) is 59.3 Å². The van der Waals surface area contributed by atoms with Crippen molar-refractivity contribution in [2.24, 2.45) is 5.92 Å². The second kappa shape index (κ2) is 14.2. The number of amides is 1. The van der Waals surface area contributed by atoms with Crippen LogP contribution in [0.3, 0.4) is 0 Å². The van der Waals surface area contributed by atoms with Gasteiger partial charge in [0.05, 0.1) is 52.0 Å². The van der Waals surface area contributed by atoms with Gasteiger partial charge in [0.1, 0.15) is 5.70 Å². The maximum absolute atomic E-state index is 14.4. The average molecular weight is 636 g/mol. The molecule has 0 radical (unpaired) electrons. The predicted octanol–water partition coefficient (Wildman–Crippen LogP) is 5.53. The number of carbonyl (C=O) groups is 3. The fraction of sp³-hybridized carbons (Fsp3) is 0.607. The molecule has 2 N–H and O–H groups in total. The molecule has 1 aliphatic carbocycles. The number of hydrogen-bond donors (Lipinski definition) is 2. The maximum atomic E-state index is 14.4. The molecule has 9 nitrogen and oxygen atoms in total. The van der Waals surface area contributed by atoms with Crippen LogP contribution in [0, 0.1) is 11.3 Å². The van der Waals surface area contributed by atoms with Crippen molar-refractivity contribution in [3.05, 3.63) is 39.3 Å². The number of esters is 1. The predicted molar refractivity (Wildman–Crippen MR) is 151 cm³/mol. The van der Waals surface area contributed by atoms with Gasteiger partial charge in [-0.15, -0.1) is 0 Å². The molecule has 1 atom stereocenters. The van der Waals surface area contributed by atoms with Crippen LogP contribution in [0.4, 0.5) is 13.2 Å². The Morgan fingerprint density at radius 1 is 1.17 bits per heavy atom. The molecule has 1 saturated heterocycles. The van der Waals surface area contributed by atoms with Crippen LogP contribution in [-0.4, -0.2) is 77.4 Å². The first kappa shape index (κ1) is 33.8. The maximum Gasteiger partial charge on any atom is 0.431 e. The monoisotopic (exact) mass is 634 g/mol. The first-order valence-corrected chi connectivity index (χ1v) is 14.5. The van der Waals surface area contributed by atoms with Crippen LogP contribution >= 0.6 is 23.2 Å². The van der Waals surface area contributed by atoms with Gasteiger partial charge >= 0.3 is 12.1 Å². The highest BCUT2D eigenvalue weighted by molar-refractivity contribution is 6.39. The molecule has 1 aromatic rings. The summed E-state index contributed by atoms with van der Waals surface area (Å²) in [7, 11) is 0. The summed E-state index contributed by atoms with van der Waals surface area (Å²) in [5.41, 5.74) is -2.96. The molecule has 42 heavy (non-hydrogen) atoms. The Hall–Kier alpha value is -2.70. The van der Waals surface area contributed by atoms with E-state index in [1.165, 1.54) is 12.4 Å². The summed E-state index contributed by atoms with van der Waals surface area (Å²) in [4.78, 5) is 43.8. The Labute approximate surface area is 252 Å². The van der Waals surface area contributed by atoms with Crippen molar-refractivity contribution in [3.63, 3.8) is 0 Å². The van der Waals surface area contributed by atoms with Crippen LogP contribution < -0.4 is 5.32 Å². The summed E-state index contributed by atoms with van der Waals surface area (Å²) >= 11 is 12.2. The minimum atomic E-state index is -5.01. The Morgan fingerprint density at radius 2 is 1.79 bits per heavy atom. The topological polar surface area (TPSA) is 122 Å². The number of rotatable bonds is 11.